The summed E-state index contributed by atoms with van der Waals surface area (Å²) in [6, 6.07) is 0. The molecule has 0 bridgehead atoms. The third-order valence-electron chi connectivity index (χ3n) is 1.64. The molecular formula is C9H13BrN2O. The van der Waals surface area contributed by atoms with Crippen LogP contribution in [0.3, 0.4) is 0 Å². The van der Waals surface area contributed by atoms with Gasteiger partial charge in [0, 0.05) is 19.9 Å². The van der Waals surface area contributed by atoms with Crippen molar-refractivity contribution < 1.29 is 4.74 Å². The highest BCUT2D eigenvalue weighted by atomic mass is 79.9. The van der Waals surface area contributed by atoms with Crippen LogP contribution in [0.2, 0.25) is 0 Å². The molecule has 0 fully saturated rings. The predicted octanol–water partition coefficient (Wildman–Crippen LogP) is 2.24. The Bertz CT molecular complexity index is 283. The highest BCUT2D eigenvalue weighted by Crippen LogP contribution is 2.08. The zero-order valence-electron chi connectivity index (χ0n) is 7.66. The fraction of sp³-hybridized carbons (Fsp3) is 0.444. The summed E-state index contributed by atoms with van der Waals surface area (Å²) in [5.74, 6) is 0. The van der Waals surface area contributed by atoms with Crippen molar-refractivity contribution in [2.75, 3.05) is 13.7 Å². The van der Waals surface area contributed by atoms with E-state index in [4.69, 9.17) is 4.74 Å². The van der Waals surface area contributed by atoms with Gasteiger partial charge in [-0.15, -0.1) is 0 Å². The highest BCUT2D eigenvalue weighted by Gasteiger charge is 1.97. The van der Waals surface area contributed by atoms with Crippen LogP contribution in [0.25, 0.3) is 0 Å². The van der Waals surface area contributed by atoms with E-state index in [1.165, 1.54) is 0 Å². The standard InChI is InChI=1S/C9H13BrN2O/c1-8(7-13-2)3-4-12-6-9(10)5-11-12/h5-6H,1,3-4,7H2,2H3. The van der Waals surface area contributed by atoms with Gasteiger partial charge in [0.1, 0.15) is 0 Å². The first-order valence-corrected chi connectivity index (χ1v) is 4.85. The summed E-state index contributed by atoms with van der Waals surface area (Å²) in [5.41, 5.74) is 1.09. The molecule has 0 atom stereocenters. The first-order valence-electron chi connectivity index (χ1n) is 4.06. The van der Waals surface area contributed by atoms with Gasteiger partial charge in [0.25, 0.3) is 0 Å². The summed E-state index contributed by atoms with van der Waals surface area (Å²) in [5, 5.41) is 4.14. The fourth-order valence-corrected chi connectivity index (χ4v) is 1.34. The van der Waals surface area contributed by atoms with Crippen molar-refractivity contribution in [2.24, 2.45) is 0 Å². The Morgan fingerprint density at radius 2 is 2.54 bits per heavy atom. The lowest BCUT2D eigenvalue weighted by Gasteiger charge is -2.03. The number of hydrogen-bond donors (Lipinski definition) is 0. The molecular weight excluding hydrogens is 232 g/mol. The van der Waals surface area contributed by atoms with Crippen molar-refractivity contribution in [3.05, 3.63) is 29.0 Å². The van der Waals surface area contributed by atoms with Gasteiger partial charge >= 0.3 is 0 Å². The first kappa shape index (κ1) is 10.5. The van der Waals surface area contributed by atoms with Crippen molar-refractivity contribution in [3.8, 4) is 0 Å². The molecule has 72 valence electrons. The molecule has 0 N–H and O–H groups in total. The van der Waals surface area contributed by atoms with Crippen molar-refractivity contribution in [2.45, 2.75) is 13.0 Å². The van der Waals surface area contributed by atoms with Crippen LogP contribution in [0.4, 0.5) is 0 Å². The second-order valence-electron chi connectivity index (χ2n) is 2.85. The van der Waals surface area contributed by atoms with Gasteiger partial charge in [-0.2, -0.15) is 5.10 Å². The van der Waals surface area contributed by atoms with Gasteiger partial charge in [-0.3, -0.25) is 4.68 Å². The van der Waals surface area contributed by atoms with Crippen molar-refractivity contribution in [1.29, 1.82) is 0 Å². The molecule has 0 radical (unpaired) electrons. The Morgan fingerprint density at radius 1 is 1.77 bits per heavy atom. The minimum atomic E-state index is 0.627. The van der Waals surface area contributed by atoms with Crippen molar-refractivity contribution in [3.63, 3.8) is 0 Å². The van der Waals surface area contributed by atoms with Gasteiger partial charge in [0.2, 0.25) is 0 Å². The molecule has 0 aliphatic carbocycles. The van der Waals surface area contributed by atoms with Crippen LogP contribution in [0, 0.1) is 0 Å². The topological polar surface area (TPSA) is 27.1 Å². The average Bonchev–Trinajstić information content (AvgIpc) is 2.49. The van der Waals surface area contributed by atoms with Crippen LogP contribution in [-0.4, -0.2) is 23.5 Å². The summed E-state index contributed by atoms with van der Waals surface area (Å²) >= 11 is 3.34. The zero-order valence-corrected chi connectivity index (χ0v) is 9.25. The second kappa shape index (κ2) is 5.19. The number of rotatable bonds is 5. The van der Waals surface area contributed by atoms with E-state index in [2.05, 4.69) is 27.6 Å². The number of aryl methyl sites for hydroxylation is 1. The van der Waals surface area contributed by atoms with E-state index in [9.17, 15) is 0 Å². The Labute approximate surface area is 86.5 Å². The van der Waals surface area contributed by atoms with E-state index in [1.54, 1.807) is 13.3 Å². The van der Waals surface area contributed by atoms with E-state index in [0.29, 0.717) is 6.61 Å². The van der Waals surface area contributed by atoms with Gasteiger partial charge in [-0.1, -0.05) is 12.2 Å². The lowest BCUT2D eigenvalue weighted by molar-refractivity contribution is 0.222. The number of ether oxygens (including phenoxy) is 1. The SMILES string of the molecule is C=C(CCn1cc(Br)cn1)COC. The van der Waals surface area contributed by atoms with E-state index >= 15 is 0 Å². The molecule has 3 nitrogen and oxygen atoms in total. The van der Waals surface area contributed by atoms with Crippen LogP contribution in [0.5, 0.6) is 0 Å². The van der Waals surface area contributed by atoms with Crippen LogP contribution in [-0.2, 0) is 11.3 Å². The third kappa shape index (κ3) is 3.74. The lowest BCUT2D eigenvalue weighted by Crippen LogP contribution is -2.01. The first-order chi connectivity index (χ1) is 6.22. The zero-order chi connectivity index (χ0) is 9.68. The normalized spacial score (nSPS) is 10.3. The fourth-order valence-electron chi connectivity index (χ4n) is 1.01. The molecule has 13 heavy (non-hydrogen) atoms. The van der Waals surface area contributed by atoms with Gasteiger partial charge in [-0.05, 0) is 22.4 Å². The summed E-state index contributed by atoms with van der Waals surface area (Å²) in [6.45, 7) is 5.37. The largest absolute Gasteiger partial charge is 0.380 e. The van der Waals surface area contributed by atoms with Crippen molar-refractivity contribution in [1.82, 2.24) is 9.78 Å². The predicted molar refractivity (Wildman–Crippen MR) is 55.6 cm³/mol. The van der Waals surface area contributed by atoms with Gasteiger partial charge in [0.15, 0.2) is 0 Å². The molecule has 0 spiro atoms. The summed E-state index contributed by atoms with van der Waals surface area (Å²) in [7, 11) is 1.68. The van der Waals surface area contributed by atoms with Gasteiger partial charge in [-0.25, -0.2) is 0 Å². The minimum Gasteiger partial charge on any atom is -0.380 e. The summed E-state index contributed by atoms with van der Waals surface area (Å²) in [6.07, 6.45) is 4.63. The minimum absolute atomic E-state index is 0.627. The highest BCUT2D eigenvalue weighted by molar-refractivity contribution is 9.10. The molecule has 0 aromatic carbocycles. The Balaban J connectivity index is 2.30. The van der Waals surface area contributed by atoms with Crippen LogP contribution in [0.1, 0.15) is 6.42 Å². The maximum Gasteiger partial charge on any atom is 0.0671 e. The monoisotopic (exact) mass is 244 g/mol. The number of aromatic nitrogens is 2. The van der Waals surface area contributed by atoms with E-state index < -0.39 is 0 Å². The molecule has 0 aliphatic rings. The Kier molecular flexibility index (Phi) is 4.18. The number of methoxy groups -OCH3 is 1. The summed E-state index contributed by atoms with van der Waals surface area (Å²) < 4.78 is 7.84. The molecule has 1 aromatic heterocycles. The Hall–Kier alpha value is -0.610. The average molecular weight is 245 g/mol. The summed E-state index contributed by atoms with van der Waals surface area (Å²) in [4.78, 5) is 0. The van der Waals surface area contributed by atoms with Crippen LogP contribution < -0.4 is 0 Å². The van der Waals surface area contributed by atoms with Gasteiger partial charge in [0.05, 0.1) is 17.3 Å². The van der Waals surface area contributed by atoms with E-state index in [0.717, 1.165) is 23.0 Å². The molecule has 0 aliphatic heterocycles. The quantitative estimate of drug-likeness (QED) is 0.744. The molecule has 0 saturated carbocycles. The third-order valence-corrected chi connectivity index (χ3v) is 2.05. The number of halogens is 1. The van der Waals surface area contributed by atoms with E-state index in [-0.39, 0.29) is 0 Å². The molecule has 0 unspecified atom stereocenters. The molecule has 0 saturated heterocycles. The molecule has 4 heteroatoms. The second-order valence-corrected chi connectivity index (χ2v) is 3.77. The lowest BCUT2D eigenvalue weighted by atomic mass is 10.2. The number of hydrogen-bond acceptors (Lipinski definition) is 2. The van der Waals surface area contributed by atoms with Crippen LogP contribution in [0.15, 0.2) is 29.0 Å². The maximum atomic E-state index is 4.96. The molecule has 1 heterocycles. The molecule has 1 rings (SSSR count). The Morgan fingerprint density at radius 3 is 3.08 bits per heavy atom. The van der Waals surface area contributed by atoms with Gasteiger partial charge < -0.3 is 4.74 Å². The maximum absolute atomic E-state index is 4.96. The molecule has 1 aromatic rings. The van der Waals surface area contributed by atoms with Crippen LogP contribution >= 0.6 is 15.9 Å². The van der Waals surface area contributed by atoms with E-state index in [1.807, 2.05) is 10.9 Å². The number of nitrogens with zero attached hydrogens (tertiary/aromatic N) is 2. The molecule has 0 amide bonds. The smallest absolute Gasteiger partial charge is 0.0671 e. The van der Waals surface area contributed by atoms with Crippen molar-refractivity contribution >= 4 is 15.9 Å².